The molecule has 0 bridgehead atoms. The van der Waals surface area contributed by atoms with Crippen molar-refractivity contribution in [1.82, 2.24) is 15.5 Å². The number of guanidine groups is 1. The van der Waals surface area contributed by atoms with E-state index < -0.39 is 0 Å². The van der Waals surface area contributed by atoms with Gasteiger partial charge in [-0.1, -0.05) is 24.6 Å². The highest BCUT2D eigenvalue weighted by molar-refractivity contribution is 5.79. The molecule has 1 aliphatic rings. The van der Waals surface area contributed by atoms with E-state index in [9.17, 15) is 4.79 Å². The Kier molecular flexibility index (Phi) is 10.1. The molecule has 27 heavy (non-hydrogen) atoms. The van der Waals surface area contributed by atoms with Crippen LogP contribution in [0.2, 0.25) is 0 Å². The van der Waals surface area contributed by atoms with Gasteiger partial charge in [-0.15, -0.1) is 0 Å². The summed E-state index contributed by atoms with van der Waals surface area (Å²) in [5.41, 5.74) is 1.15. The fourth-order valence-corrected chi connectivity index (χ4v) is 3.15. The maximum Gasteiger partial charge on any atom is 0.222 e. The van der Waals surface area contributed by atoms with E-state index in [2.05, 4.69) is 40.0 Å². The van der Waals surface area contributed by atoms with Crippen molar-refractivity contribution < 1.29 is 4.79 Å². The highest BCUT2D eigenvalue weighted by Crippen LogP contribution is 2.11. The lowest BCUT2D eigenvalue weighted by molar-refractivity contribution is -0.130. The van der Waals surface area contributed by atoms with E-state index >= 15 is 0 Å². The van der Waals surface area contributed by atoms with Crippen LogP contribution in [0.4, 0.5) is 5.69 Å². The number of anilines is 1. The van der Waals surface area contributed by atoms with Crippen molar-refractivity contribution >= 4 is 17.6 Å². The number of hydrogen-bond acceptors (Lipinski definition) is 3. The van der Waals surface area contributed by atoms with Crippen LogP contribution in [0.15, 0.2) is 35.3 Å². The van der Waals surface area contributed by atoms with Crippen LogP contribution in [0.1, 0.15) is 45.4 Å². The summed E-state index contributed by atoms with van der Waals surface area (Å²) < 4.78 is 0. The molecule has 1 aromatic carbocycles. The van der Waals surface area contributed by atoms with E-state index in [0.29, 0.717) is 12.3 Å². The molecule has 0 saturated carbocycles. The predicted octanol–water partition coefficient (Wildman–Crippen LogP) is 2.84. The van der Waals surface area contributed by atoms with Crippen LogP contribution in [0.5, 0.6) is 0 Å². The molecule has 1 heterocycles. The Balaban J connectivity index is 1.62. The van der Waals surface area contributed by atoms with Gasteiger partial charge in [-0.2, -0.15) is 0 Å². The van der Waals surface area contributed by atoms with Crippen molar-refractivity contribution in [2.75, 3.05) is 44.6 Å². The molecule has 0 atom stereocenters. The average Bonchev–Trinajstić information content (AvgIpc) is 2.90. The van der Waals surface area contributed by atoms with Gasteiger partial charge in [-0.25, -0.2) is 0 Å². The Labute approximate surface area is 163 Å². The molecule has 0 spiro atoms. The number of likely N-dealkylation sites (tertiary alicyclic amines) is 1. The van der Waals surface area contributed by atoms with Gasteiger partial charge in [0, 0.05) is 51.4 Å². The molecule has 0 aromatic heterocycles. The molecule has 3 N–H and O–H groups in total. The Bertz CT molecular complexity index is 561. The van der Waals surface area contributed by atoms with Crippen LogP contribution in [0, 0.1) is 0 Å². The molecule has 6 heteroatoms. The Morgan fingerprint density at radius 3 is 2.74 bits per heavy atom. The van der Waals surface area contributed by atoms with Crippen LogP contribution in [-0.4, -0.2) is 56.0 Å². The minimum absolute atomic E-state index is 0.312. The zero-order chi connectivity index (χ0) is 19.2. The van der Waals surface area contributed by atoms with E-state index in [1.54, 1.807) is 0 Å². The van der Waals surface area contributed by atoms with E-state index in [1.165, 1.54) is 6.42 Å². The first-order valence-electron chi connectivity index (χ1n) is 10.4. The number of carbonyl (C=O) groups is 1. The predicted molar refractivity (Wildman–Crippen MR) is 113 cm³/mol. The van der Waals surface area contributed by atoms with Crippen molar-refractivity contribution in [3.05, 3.63) is 30.3 Å². The third-order valence-electron chi connectivity index (χ3n) is 4.62. The molecule has 150 valence electrons. The first-order chi connectivity index (χ1) is 13.3. The summed E-state index contributed by atoms with van der Waals surface area (Å²) in [5.74, 6) is 1.17. The van der Waals surface area contributed by atoms with Crippen LogP contribution < -0.4 is 16.0 Å². The number of nitrogens with one attached hydrogen (secondary N) is 3. The van der Waals surface area contributed by atoms with Crippen LogP contribution in [0.25, 0.3) is 0 Å². The summed E-state index contributed by atoms with van der Waals surface area (Å²) >= 11 is 0. The summed E-state index contributed by atoms with van der Waals surface area (Å²) in [6.45, 7) is 7.19. The zero-order valence-corrected chi connectivity index (χ0v) is 16.7. The van der Waals surface area contributed by atoms with Crippen molar-refractivity contribution in [3.8, 4) is 0 Å². The van der Waals surface area contributed by atoms with Gasteiger partial charge in [0.2, 0.25) is 5.91 Å². The smallest absolute Gasteiger partial charge is 0.222 e. The largest absolute Gasteiger partial charge is 0.385 e. The molecule has 0 unspecified atom stereocenters. The molecule has 6 nitrogen and oxygen atoms in total. The standard InChI is InChI=1S/C21H35N5O/c1-2-22-21(24-15-9-14-23-19-11-5-3-6-12-19)25-16-10-18-26-17-8-4-7-13-20(26)27/h3,5-6,11-12,23H,2,4,7-10,13-18H2,1H3,(H2,22,24,25). The second-order valence-corrected chi connectivity index (χ2v) is 6.88. The molecule has 1 saturated heterocycles. The molecule has 0 radical (unpaired) electrons. The number of amides is 1. The maximum atomic E-state index is 12.0. The Morgan fingerprint density at radius 2 is 1.93 bits per heavy atom. The lowest BCUT2D eigenvalue weighted by Gasteiger charge is -2.20. The van der Waals surface area contributed by atoms with E-state index in [0.717, 1.165) is 76.6 Å². The zero-order valence-electron chi connectivity index (χ0n) is 16.7. The Morgan fingerprint density at radius 1 is 1.07 bits per heavy atom. The minimum atomic E-state index is 0.312. The monoisotopic (exact) mass is 373 g/mol. The lowest BCUT2D eigenvalue weighted by Crippen LogP contribution is -2.38. The van der Waals surface area contributed by atoms with Crippen molar-refractivity contribution in [2.24, 2.45) is 4.99 Å². The normalized spacial score (nSPS) is 15.4. The fraction of sp³-hybridized carbons (Fsp3) is 0.619. The van der Waals surface area contributed by atoms with Crippen LogP contribution in [0.3, 0.4) is 0 Å². The Hall–Kier alpha value is -2.24. The molecule has 1 fully saturated rings. The number of rotatable bonds is 10. The third-order valence-corrected chi connectivity index (χ3v) is 4.62. The number of benzene rings is 1. The van der Waals surface area contributed by atoms with E-state index in [4.69, 9.17) is 0 Å². The summed E-state index contributed by atoms with van der Waals surface area (Å²) in [7, 11) is 0. The molecule has 1 amide bonds. The quantitative estimate of drug-likeness (QED) is 0.335. The van der Waals surface area contributed by atoms with Crippen LogP contribution >= 0.6 is 0 Å². The van der Waals surface area contributed by atoms with Crippen molar-refractivity contribution in [2.45, 2.75) is 45.4 Å². The van der Waals surface area contributed by atoms with E-state index in [-0.39, 0.29) is 0 Å². The van der Waals surface area contributed by atoms with Crippen LogP contribution in [-0.2, 0) is 4.79 Å². The van der Waals surface area contributed by atoms with Gasteiger partial charge in [-0.05, 0) is 44.7 Å². The van der Waals surface area contributed by atoms with Gasteiger partial charge in [0.05, 0.1) is 0 Å². The number of hydrogen-bond donors (Lipinski definition) is 3. The molecule has 1 aromatic rings. The van der Waals surface area contributed by atoms with Gasteiger partial charge in [0.25, 0.3) is 0 Å². The average molecular weight is 374 g/mol. The summed E-state index contributed by atoms with van der Waals surface area (Å²) in [6.07, 6.45) is 6.00. The summed E-state index contributed by atoms with van der Waals surface area (Å²) in [5, 5.41) is 10.1. The fourth-order valence-electron chi connectivity index (χ4n) is 3.15. The van der Waals surface area contributed by atoms with Gasteiger partial charge >= 0.3 is 0 Å². The van der Waals surface area contributed by atoms with Gasteiger partial charge < -0.3 is 20.9 Å². The van der Waals surface area contributed by atoms with Gasteiger partial charge in [0.1, 0.15) is 0 Å². The van der Waals surface area contributed by atoms with E-state index in [1.807, 2.05) is 23.1 Å². The highest BCUT2D eigenvalue weighted by atomic mass is 16.2. The first kappa shape index (κ1) is 21.1. The maximum absolute atomic E-state index is 12.0. The van der Waals surface area contributed by atoms with Gasteiger partial charge in [-0.3, -0.25) is 9.79 Å². The number of carbonyl (C=O) groups excluding carboxylic acids is 1. The summed E-state index contributed by atoms with van der Waals surface area (Å²) in [4.78, 5) is 18.7. The molecule has 1 aliphatic heterocycles. The topological polar surface area (TPSA) is 68.8 Å². The molecular formula is C21H35N5O. The number of nitrogens with zero attached hydrogens (tertiary/aromatic N) is 2. The molecular weight excluding hydrogens is 338 g/mol. The first-order valence-corrected chi connectivity index (χ1v) is 10.4. The second kappa shape index (κ2) is 13.0. The molecule has 2 rings (SSSR count). The SMILES string of the molecule is CCNC(=NCCCN1CCCCCC1=O)NCCCNc1ccccc1. The van der Waals surface area contributed by atoms with Crippen molar-refractivity contribution in [1.29, 1.82) is 0 Å². The lowest BCUT2D eigenvalue weighted by atomic mass is 10.2. The third kappa shape index (κ3) is 8.80. The van der Waals surface area contributed by atoms with Gasteiger partial charge in [0.15, 0.2) is 5.96 Å². The number of para-hydroxylation sites is 1. The molecule has 0 aliphatic carbocycles. The second-order valence-electron chi connectivity index (χ2n) is 6.88. The minimum Gasteiger partial charge on any atom is -0.385 e. The number of aliphatic imine (C=N–C) groups is 1. The van der Waals surface area contributed by atoms with Crippen molar-refractivity contribution in [3.63, 3.8) is 0 Å². The highest BCUT2D eigenvalue weighted by Gasteiger charge is 2.15. The summed E-state index contributed by atoms with van der Waals surface area (Å²) in [6, 6.07) is 10.3.